The molecular weight excluding hydrogens is 244 g/mol. The number of hydrogen-bond acceptors (Lipinski definition) is 4. The van der Waals surface area contributed by atoms with Gasteiger partial charge < -0.3 is 20.5 Å². The smallest absolute Gasteiger partial charge is 0.256 e. The highest BCUT2D eigenvalue weighted by Gasteiger charge is 2.28. The van der Waals surface area contributed by atoms with Crippen LogP contribution in [0.3, 0.4) is 0 Å². The number of ether oxygens (including phenoxy) is 1. The molecule has 5 heteroatoms. The zero-order valence-electron chi connectivity index (χ0n) is 11.1. The molecule has 0 radical (unpaired) electrons. The number of nitrogen functional groups attached to an aromatic ring is 1. The first-order chi connectivity index (χ1) is 9.19. The van der Waals surface area contributed by atoms with Crippen molar-refractivity contribution in [3.05, 3.63) is 23.8 Å². The third-order valence-corrected chi connectivity index (χ3v) is 3.62. The number of methoxy groups -OCH3 is 1. The van der Waals surface area contributed by atoms with Crippen LogP contribution < -0.4 is 10.5 Å². The van der Waals surface area contributed by atoms with Crippen molar-refractivity contribution in [2.45, 2.75) is 25.3 Å². The number of piperidine rings is 1. The van der Waals surface area contributed by atoms with E-state index in [2.05, 4.69) is 0 Å². The number of para-hydroxylation sites is 1. The molecule has 1 heterocycles. The molecule has 0 spiro atoms. The molecule has 1 aromatic rings. The van der Waals surface area contributed by atoms with Crippen molar-refractivity contribution in [2.24, 2.45) is 0 Å². The Labute approximate surface area is 113 Å². The average Bonchev–Trinajstić information content (AvgIpc) is 2.46. The van der Waals surface area contributed by atoms with Gasteiger partial charge in [-0.05, 0) is 31.4 Å². The van der Waals surface area contributed by atoms with E-state index >= 15 is 0 Å². The van der Waals surface area contributed by atoms with Gasteiger partial charge in [0.2, 0.25) is 0 Å². The lowest BCUT2D eigenvalue weighted by Gasteiger charge is -2.35. The first kappa shape index (κ1) is 13.7. The highest BCUT2D eigenvalue weighted by molar-refractivity contribution is 6.00. The fourth-order valence-electron chi connectivity index (χ4n) is 2.52. The molecule has 104 valence electrons. The molecule has 1 fully saturated rings. The highest BCUT2D eigenvalue weighted by atomic mass is 16.5. The fourth-order valence-corrected chi connectivity index (χ4v) is 2.52. The topological polar surface area (TPSA) is 75.8 Å². The number of benzene rings is 1. The first-order valence-electron chi connectivity index (χ1n) is 6.53. The number of nitrogens with zero attached hydrogens (tertiary/aromatic N) is 1. The molecule has 2 rings (SSSR count). The number of amides is 1. The van der Waals surface area contributed by atoms with Gasteiger partial charge in [-0.1, -0.05) is 6.07 Å². The Balaban J connectivity index is 2.28. The van der Waals surface area contributed by atoms with E-state index in [4.69, 9.17) is 10.5 Å². The molecule has 1 aliphatic rings. The summed E-state index contributed by atoms with van der Waals surface area (Å²) in [6, 6.07) is 5.07. The number of carbonyl (C=O) groups excluding carboxylic acids is 1. The van der Waals surface area contributed by atoms with Crippen LogP contribution in [0.1, 0.15) is 29.6 Å². The quantitative estimate of drug-likeness (QED) is 0.806. The predicted molar refractivity (Wildman–Crippen MR) is 73.2 cm³/mol. The number of carbonyl (C=O) groups is 1. The lowest BCUT2D eigenvalue weighted by atomic mass is 10.0. The van der Waals surface area contributed by atoms with Gasteiger partial charge in [-0.3, -0.25) is 4.79 Å². The minimum Gasteiger partial charge on any atom is -0.495 e. The Hall–Kier alpha value is -1.75. The molecule has 1 saturated heterocycles. The summed E-state index contributed by atoms with van der Waals surface area (Å²) < 4.78 is 5.13. The highest BCUT2D eigenvalue weighted by Crippen LogP contribution is 2.28. The number of nitrogens with two attached hydrogens (primary N) is 1. The summed E-state index contributed by atoms with van der Waals surface area (Å²) in [5.74, 6) is 0.374. The fraction of sp³-hybridized carbons (Fsp3) is 0.500. The van der Waals surface area contributed by atoms with Gasteiger partial charge in [-0.25, -0.2) is 0 Å². The molecule has 1 unspecified atom stereocenters. The van der Waals surface area contributed by atoms with Crippen molar-refractivity contribution in [3.63, 3.8) is 0 Å². The van der Waals surface area contributed by atoms with Crippen LogP contribution in [-0.2, 0) is 0 Å². The Morgan fingerprint density at radius 3 is 3.00 bits per heavy atom. The maximum Gasteiger partial charge on any atom is 0.256 e. The minimum atomic E-state index is -0.129. The van der Waals surface area contributed by atoms with Crippen molar-refractivity contribution in [2.75, 3.05) is 26.0 Å². The van der Waals surface area contributed by atoms with E-state index in [9.17, 15) is 9.90 Å². The zero-order chi connectivity index (χ0) is 13.8. The molecular formula is C14H20N2O3. The van der Waals surface area contributed by atoms with Crippen molar-refractivity contribution in [1.82, 2.24) is 4.90 Å². The van der Waals surface area contributed by atoms with E-state index in [1.54, 1.807) is 23.1 Å². The largest absolute Gasteiger partial charge is 0.495 e. The van der Waals surface area contributed by atoms with Gasteiger partial charge in [-0.15, -0.1) is 0 Å². The molecule has 0 aliphatic carbocycles. The molecule has 1 amide bonds. The van der Waals surface area contributed by atoms with Crippen LogP contribution in [0, 0.1) is 0 Å². The monoisotopic (exact) mass is 264 g/mol. The Bertz CT molecular complexity index is 462. The second kappa shape index (κ2) is 5.93. The predicted octanol–water partition coefficient (Wildman–Crippen LogP) is 1.26. The van der Waals surface area contributed by atoms with E-state index in [1.165, 1.54) is 7.11 Å². The summed E-state index contributed by atoms with van der Waals surface area (Å²) in [6.07, 6.45) is 2.85. The molecule has 0 saturated carbocycles. The molecule has 5 nitrogen and oxygen atoms in total. The summed E-state index contributed by atoms with van der Waals surface area (Å²) in [5.41, 5.74) is 6.76. The first-order valence-corrected chi connectivity index (χ1v) is 6.53. The van der Waals surface area contributed by atoms with Crippen LogP contribution >= 0.6 is 0 Å². The summed E-state index contributed by atoms with van der Waals surface area (Å²) in [5, 5.41) is 9.38. The minimum absolute atomic E-state index is 0.00435. The van der Waals surface area contributed by atoms with Crippen molar-refractivity contribution >= 4 is 11.6 Å². The maximum atomic E-state index is 12.5. The normalized spacial score (nSPS) is 19.3. The van der Waals surface area contributed by atoms with Crippen LogP contribution in [0.4, 0.5) is 5.69 Å². The zero-order valence-corrected chi connectivity index (χ0v) is 11.1. The van der Waals surface area contributed by atoms with Gasteiger partial charge in [-0.2, -0.15) is 0 Å². The number of aliphatic hydroxyl groups excluding tert-OH is 1. The Morgan fingerprint density at radius 1 is 1.53 bits per heavy atom. The lowest BCUT2D eigenvalue weighted by molar-refractivity contribution is 0.0504. The van der Waals surface area contributed by atoms with Gasteiger partial charge >= 0.3 is 0 Å². The van der Waals surface area contributed by atoms with Gasteiger partial charge in [0.15, 0.2) is 0 Å². The average molecular weight is 264 g/mol. The molecule has 19 heavy (non-hydrogen) atoms. The van der Waals surface area contributed by atoms with Crippen molar-refractivity contribution < 1.29 is 14.6 Å². The number of hydrogen-bond donors (Lipinski definition) is 2. The molecule has 1 aliphatic heterocycles. The van der Waals surface area contributed by atoms with Crippen LogP contribution in [0.15, 0.2) is 18.2 Å². The van der Waals surface area contributed by atoms with Crippen molar-refractivity contribution in [1.29, 1.82) is 0 Å². The molecule has 0 aromatic heterocycles. The van der Waals surface area contributed by atoms with Gasteiger partial charge in [0.1, 0.15) is 5.75 Å². The summed E-state index contributed by atoms with van der Waals surface area (Å²) in [6.45, 7) is 0.663. The van der Waals surface area contributed by atoms with E-state index in [0.29, 0.717) is 23.5 Å². The number of aliphatic hydroxyl groups is 1. The Morgan fingerprint density at radius 2 is 2.32 bits per heavy atom. The van der Waals surface area contributed by atoms with Crippen LogP contribution in [-0.4, -0.2) is 42.2 Å². The second-order valence-electron chi connectivity index (χ2n) is 4.75. The third kappa shape index (κ3) is 2.66. The Kier molecular flexibility index (Phi) is 4.27. The van der Waals surface area contributed by atoms with Gasteiger partial charge in [0.25, 0.3) is 5.91 Å². The second-order valence-corrected chi connectivity index (χ2v) is 4.75. The molecule has 0 bridgehead atoms. The number of likely N-dealkylation sites (tertiary alicyclic amines) is 1. The summed E-state index contributed by atoms with van der Waals surface area (Å²) >= 11 is 0. The lowest BCUT2D eigenvalue weighted by Crippen LogP contribution is -2.45. The van der Waals surface area contributed by atoms with Crippen LogP contribution in [0.25, 0.3) is 0 Å². The maximum absolute atomic E-state index is 12.5. The van der Waals surface area contributed by atoms with E-state index < -0.39 is 0 Å². The van der Waals surface area contributed by atoms with Crippen molar-refractivity contribution in [3.8, 4) is 5.75 Å². The third-order valence-electron chi connectivity index (χ3n) is 3.62. The standard InChI is InChI=1S/C14H20N2O3/c1-19-12-7-4-6-11(13(12)15)14(18)16-8-3-2-5-10(16)9-17/h4,6-7,10,17H,2-3,5,8-9,15H2,1H3. The number of rotatable bonds is 3. The summed E-state index contributed by atoms with van der Waals surface area (Å²) in [7, 11) is 1.53. The number of anilines is 1. The molecule has 1 atom stereocenters. The van der Waals surface area contributed by atoms with Gasteiger partial charge in [0, 0.05) is 6.54 Å². The van der Waals surface area contributed by atoms with Crippen LogP contribution in [0.2, 0.25) is 0 Å². The van der Waals surface area contributed by atoms with Crippen LogP contribution in [0.5, 0.6) is 5.75 Å². The molecule has 1 aromatic carbocycles. The van der Waals surface area contributed by atoms with Gasteiger partial charge in [0.05, 0.1) is 31.0 Å². The summed E-state index contributed by atoms with van der Waals surface area (Å²) in [4.78, 5) is 14.3. The SMILES string of the molecule is COc1cccc(C(=O)N2CCCCC2CO)c1N. The van der Waals surface area contributed by atoms with E-state index in [0.717, 1.165) is 19.3 Å². The van der Waals surface area contributed by atoms with E-state index in [-0.39, 0.29) is 18.6 Å². The molecule has 3 N–H and O–H groups in total. The van der Waals surface area contributed by atoms with E-state index in [1.807, 2.05) is 0 Å².